The van der Waals surface area contributed by atoms with Crippen molar-refractivity contribution in [2.45, 2.75) is 26.9 Å². The number of aliphatic hydroxyl groups is 1. The van der Waals surface area contributed by atoms with E-state index in [4.69, 9.17) is 0 Å². The fourth-order valence-electron chi connectivity index (χ4n) is 1.53. The zero-order valence-electron chi connectivity index (χ0n) is 8.63. The number of H-pyrrole nitrogens is 1. The van der Waals surface area contributed by atoms with Gasteiger partial charge in [0.25, 0.3) is 0 Å². The first-order chi connectivity index (χ1) is 6.59. The summed E-state index contributed by atoms with van der Waals surface area (Å²) in [6.45, 7) is 5.82. The summed E-state index contributed by atoms with van der Waals surface area (Å²) in [7, 11) is 0. The highest BCUT2D eigenvalue weighted by molar-refractivity contribution is 5.79. The van der Waals surface area contributed by atoms with Gasteiger partial charge in [0.1, 0.15) is 11.9 Å². The van der Waals surface area contributed by atoms with Gasteiger partial charge in [-0.15, -0.1) is 0 Å². The molecule has 0 saturated heterocycles. The molecule has 0 radical (unpaired) electrons. The number of nitrogens with one attached hydrogen (secondary N) is 1. The molecule has 0 saturated carbocycles. The lowest BCUT2D eigenvalue weighted by molar-refractivity contribution is 0.190. The van der Waals surface area contributed by atoms with Crippen LogP contribution in [0.1, 0.15) is 30.0 Å². The first kappa shape index (κ1) is 9.21. The van der Waals surface area contributed by atoms with E-state index in [1.807, 2.05) is 13.0 Å². The lowest BCUT2D eigenvalue weighted by atomic mass is 10.1. The SMILES string of the molecule is Cc1ccc2[nH]c([C@H](C)O)nc2c1C. The molecule has 0 bridgehead atoms. The zero-order valence-corrected chi connectivity index (χ0v) is 8.63. The van der Waals surface area contributed by atoms with E-state index >= 15 is 0 Å². The largest absolute Gasteiger partial charge is 0.385 e. The summed E-state index contributed by atoms with van der Waals surface area (Å²) >= 11 is 0. The molecule has 0 unspecified atom stereocenters. The smallest absolute Gasteiger partial charge is 0.135 e. The van der Waals surface area contributed by atoms with Gasteiger partial charge in [0.05, 0.1) is 11.0 Å². The van der Waals surface area contributed by atoms with Crippen LogP contribution < -0.4 is 0 Å². The van der Waals surface area contributed by atoms with Crippen molar-refractivity contribution in [3.8, 4) is 0 Å². The van der Waals surface area contributed by atoms with Gasteiger partial charge in [-0.25, -0.2) is 4.98 Å². The molecule has 3 heteroatoms. The lowest BCUT2D eigenvalue weighted by Crippen LogP contribution is -1.92. The fraction of sp³-hybridized carbons (Fsp3) is 0.364. The van der Waals surface area contributed by atoms with Gasteiger partial charge in [0, 0.05) is 0 Å². The molecule has 0 amide bonds. The molecule has 1 atom stereocenters. The third kappa shape index (κ3) is 1.30. The number of hydrogen-bond acceptors (Lipinski definition) is 2. The van der Waals surface area contributed by atoms with Crippen molar-refractivity contribution in [1.29, 1.82) is 0 Å². The predicted molar refractivity (Wildman–Crippen MR) is 56.2 cm³/mol. The second kappa shape index (κ2) is 3.10. The number of rotatable bonds is 1. The first-order valence-corrected chi connectivity index (χ1v) is 4.73. The normalized spacial score (nSPS) is 13.4. The maximum Gasteiger partial charge on any atom is 0.135 e. The summed E-state index contributed by atoms with van der Waals surface area (Å²) in [5.74, 6) is 0.633. The maximum absolute atomic E-state index is 9.39. The van der Waals surface area contributed by atoms with Crippen molar-refractivity contribution < 1.29 is 5.11 Å². The van der Waals surface area contributed by atoms with E-state index in [1.54, 1.807) is 6.92 Å². The molecule has 1 aromatic carbocycles. The monoisotopic (exact) mass is 190 g/mol. The van der Waals surface area contributed by atoms with Crippen LogP contribution in [-0.2, 0) is 0 Å². The average molecular weight is 190 g/mol. The van der Waals surface area contributed by atoms with Gasteiger partial charge < -0.3 is 10.1 Å². The number of nitrogens with zero attached hydrogens (tertiary/aromatic N) is 1. The van der Waals surface area contributed by atoms with Crippen molar-refractivity contribution in [1.82, 2.24) is 9.97 Å². The van der Waals surface area contributed by atoms with Crippen molar-refractivity contribution in [3.05, 3.63) is 29.1 Å². The minimum atomic E-state index is -0.540. The maximum atomic E-state index is 9.39. The Morgan fingerprint density at radius 2 is 2.07 bits per heavy atom. The van der Waals surface area contributed by atoms with Crippen molar-refractivity contribution in [2.24, 2.45) is 0 Å². The Morgan fingerprint density at radius 3 is 2.71 bits per heavy atom. The number of imidazole rings is 1. The average Bonchev–Trinajstić information content (AvgIpc) is 2.56. The molecule has 2 rings (SSSR count). The van der Waals surface area contributed by atoms with Crippen LogP contribution in [0.4, 0.5) is 0 Å². The molecule has 3 nitrogen and oxygen atoms in total. The zero-order chi connectivity index (χ0) is 10.3. The number of aromatic nitrogens is 2. The van der Waals surface area contributed by atoms with Gasteiger partial charge in [0.2, 0.25) is 0 Å². The summed E-state index contributed by atoms with van der Waals surface area (Å²) in [4.78, 5) is 7.47. The number of aliphatic hydroxyl groups excluding tert-OH is 1. The van der Waals surface area contributed by atoms with E-state index in [1.165, 1.54) is 11.1 Å². The Morgan fingerprint density at radius 1 is 1.36 bits per heavy atom. The molecule has 0 fully saturated rings. The van der Waals surface area contributed by atoms with Gasteiger partial charge in [-0.1, -0.05) is 6.07 Å². The topological polar surface area (TPSA) is 48.9 Å². The van der Waals surface area contributed by atoms with Gasteiger partial charge in [-0.05, 0) is 38.0 Å². The third-order valence-electron chi connectivity index (χ3n) is 2.59. The van der Waals surface area contributed by atoms with E-state index in [0.717, 1.165) is 11.0 Å². The van der Waals surface area contributed by atoms with Crippen LogP contribution in [0.3, 0.4) is 0 Å². The van der Waals surface area contributed by atoms with Crippen molar-refractivity contribution >= 4 is 11.0 Å². The van der Waals surface area contributed by atoms with Crippen LogP contribution in [0.2, 0.25) is 0 Å². The Hall–Kier alpha value is -1.35. The molecule has 0 spiro atoms. The molecule has 1 heterocycles. The Labute approximate surface area is 82.8 Å². The summed E-state index contributed by atoms with van der Waals surface area (Å²) in [6, 6.07) is 4.05. The van der Waals surface area contributed by atoms with Crippen LogP contribution in [-0.4, -0.2) is 15.1 Å². The first-order valence-electron chi connectivity index (χ1n) is 4.73. The van der Waals surface area contributed by atoms with E-state index in [-0.39, 0.29) is 0 Å². The van der Waals surface area contributed by atoms with Crippen LogP contribution in [0, 0.1) is 13.8 Å². The molecular formula is C11H14N2O. The lowest BCUT2D eigenvalue weighted by Gasteiger charge is -1.98. The highest BCUT2D eigenvalue weighted by Gasteiger charge is 2.09. The van der Waals surface area contributed by atoms with Crippen molar-refractivity contribution in [2.75, 3.05) is 0 Å². The van der Waals surface area contributed by atoms with Crippen LogP contribution in [0.5, 0.6) is 0 Å². The Balaban J connectivity index is 2.71. The second-order valence-corrected chi connectivity index (χ2v) is 3.70. The molecule has 1 aromatic heterocycles. The molecule has 0 aliphatic heterocycles. The number of aryl methyl sites for hydroxylation is 2. The van der Waals surface area contributed by atoms with E-state index in [2.05, 4.69) is 23.0 Å². The molecule has 2 N–H and O–H groups in total. The van der Waals surface area contributed by atoms with E-state index < -0.39 is 6.10 Å². The summed E-state index contributed by atoms with van der Waals surface area (Å²) < 4.78 is 0. The Kier molecular flexibility index (Phi) is 2.04. The highest BCUT2D eigenvalue weighted by Crippen LogP contribution is 2.21. The minimum Gasteiger partial charge on any atom is -0.385 e. The standard InChI is InChI=1S/C11H14N2O/c1-6-4-5-9-10(7(6)2)13-11(12-9)8(3)14/h4-5,8,14H,1-3H3,(H,12,13)/t8-/m0/s1. The van der Waals surface area contributed by atoms with Gasteiger partial charge in [-0.3, -0.25) is 0 Å². The van der Waals surface area contributed by atoms with Crippen molar-refractivity contribution in [3.63, 3.8) is 0 Å². The summed E-state index contributed by atoms with van der Waals surface area (Å²) in [5, 5.41) is 9.39. The number of fused-ring (bicyclic) bond motifs is 1. The quantitative estimate of drug-likeness (QED) is 0.724. The van der Waals surface area contributed by atoms with Crippen LogP contribution in [0.25, 0.3) is 11.0 Å². The van der Waals surface area contributed by atoms with Gasteiger partial charge in [0.15, 0.2) is 0 Å². The summed E-state index contributed by atoms with van der Waals surface area (Å²) in [5.41, 5.74) is 4.34. The fourth-order valence-corrected chi connectivity index (χ4v) is 1.53. The van der Waals surface area contributed by atoms with Gasteiger partial charge >= 0.3 is 0 Å². The molecule has 2 aromatic rings. The molecule has 14 heavy (non-hydrogen) atoms. The minimum absolute atomic E-state index is 0.540. The third-order valence-corrected chi connectivity index (χ3v) is 2.59. The molecule has 0 aliphatic carbocycles. The predicted octanol–water partition coefficient (Wildman–Crippen LogP) is 2.23. The molecular weight excluding hydrogens is 176 g/mol. The van der Waals surface area contributed by atoms with E-state index in [0.29, 0.717) is 5.82 Å². The van der Waals surface area contributed by atoms with Crippen LogP contribution in [0.15, 0.2) is 12.1 Å². The number of aromatic amines is 1. The van der Waals surface area contributed by atoms with Gasteiger partial charge in [-0.2, -0.15) is 0 Å². The van der Waals surface area contributed by atoms with Crippen LogP contribution >= 0.6 is 0 Å². The number of benzene rings is 1. The number of hydrogen-bond donors (Lipinski definition) is 2. The highest BCUT2D eigenvalue weighted by atomic mass is 16.3. The Bertz CT molecular complexity index is 471. The second-order valence-electron chi connectivity index (χ2n) is 3.70. The molecule has 0 aliphatic rings. The van der Waals surface area contributed by atoms with E-state index in [9.17, 15) is 5.11 Å². The summed E-state index contributed by atoms with van der Waals surface area (Å²) in [6.07, 6.45) is -0.540. The molecule has 74 valence electrons.